The minimum Gasteiger partial charge on any atom is -0.451 e. The molecule has 2 amide bonds. The molecule has 0 saturated carbocycles. The third-order valence-electron chi connectivity index (χ3n) is 5.06. The van der Waals surface area contributed by atoms with Gasteiger partial charge in [0.1, 0.15) is 11.4 Å². The van der Waals surface area contributed by atoms with Crippen LogP contribution in [0, 0.1) is 5.82 Å². The number of fused-ring (bicyclic) bond motifs is 1. The Bertz CT molecular complexity index is 1130. The molecule has 1 aliphatic heterocycles. The Labute approximate surface area is 166 Å². The van der Waals surface area contributed by atoms with Crippen LogP contribution in [0.3, 0.4) is 0 Å². The highest BCUT2D eigenvalue weighted by atomic mass is 19.1. The monoisotopic (exact) mass is 394 g/mol. The van der Waals surface area contributed by atoms with Crippen LogP contribution in [0.1, 0.15) is 16.1 Å². The Kier molecular flexibility index (Phi) is 5.12. The van der Waals surface area contributed by atoms with E-state index in [2.05, 4.69) is 0 Å². The molecule has 0 unspecified atom stereocenters. The van der Waals surface area contributed by atoms with E-state index in [-0.39, 0.29) is 29.4 Å². The molecule has 0 spiro atoms. The van der Waals surface area contributed by atoms with Gasteiger partial charge in [0.2, 0.25) is 5.91 Å². The minimum absolute atomic E-state index is 0.0137. The van der Waals surface area contributed by atoms with E-state index < -0.39 is 5.82 Å². The van der Waals surface area contributed by atoms with Crippen molar-refractivity contribution in [1.82, 2.24) is 9.80 Å². The Balaban J connectivity index is 1.42. The summed E-state index contributed by atoms with van der Waals surface area (Å²) in [4.78, 5) is 40.6. The Morgan fingerprint density at radius 3 is 2.34 bits per heavy atom. The van der Waals surface area contributed by atoms with Crippen LogP contribution in [0.5, 0.6) is 0 Å². The lowest BCUT2D eigenvalue weighted by Crippen LogP contribution is -2.51. The smallest absolute Gasteiger partial charge is 0.289 e. The molecule has 6 nitrogen and oxygen atoms in total. The van der Waals surface area contributed by atoms with Crippen molar-refractivity contribution in [2.75, 3.05) is 26.2 Å². The molecule has 0 aliphatic carbocycles. The van der Waals surface area contributed by atoms with Crippen LogP contribution in [0.2, 0.25) is 0 Å². The average molecular weight is 394 g/mol. The number of hydrogen-bond donors (Lipinski definition) is 0. The molecule has 3 aromatic rings. The highest BCUT2D eigenvalue weighted by molar-refractivity contribution is 5.93. The number of para-hydroxylation sites is 1. The van der Waals surface area contributed by atoms with Gasteiger partial charge in [0.15, 0.2) is 11.2 Å². The zero-order valence-corrected chi connectivity index (χ0v) is 15.6. The number of benzene rings is 2. The summed E-state index contributed by atoms with van der Waals surface area (Å²) in [6, 6.07) is 14.2. The molecule has 0 N–H and O–H groups in total. The summed E-state index contributed by atoms with van der Waals surface area (Å²) < 4.78 is 19.4. The second-order valence-corrected chi connectivity index (χ2v) is 6.91. The summed E-state index contributed by atoms with van der Waals surface area (Å²) in [5.74, 6) is -0.977. The molecular formula is C22H19FN2O4. The molecule has 29 heavy (non-hydrogen) atoms. The second kappa shape index (κ2) is 7.87. The van der Waals surface area contributed by atoms with Crippen molar-refractivity contribution in [2.24, 2.45) is 0 Å². The van der Waals surface area contributed by atoms with Crippen molar-refractivity contribution in [1.29, 1.82) is 0 Å². The first kappa shape index (κ1) is 18.9. The van der Waals surface area contributed by atoms with Crippen LogP contribution < -0.4 is 5.43 Å². The van der Waals surface area contributed by atoms with E-state index in [0.29, 0.717) is 42.7 Å². The van der Waals surface area contributed by atoms with Gasteiger partial charge < -0.3 is 14.2 Å². The van der Waals surface area contributed by atoms with Gasteiger partial charge in [-0.1, -0.05) is 30.3 Å². The molecule has 1 aliphatic rings. The summed E-state index contributed by atoms with van der Waals surface area (Å²) in [5.41, 5.74) is 0.449. The van der Waals surface area contributed by atoms with Crippen LogP contribution in [0.15, 0.2) is 63.8 Å². The Hall–Kier alpha value is -3.48. The van der Waals surface area contributed by atoms with E-state index in [1.807, 2.05) is 0 Å². The van der Waals surface area contributed by atoms with Gasteiger partial charge in [-0.2, -0.15) is 0 Å². The predicted molar refractivity (Wildman–Crippen MR) is 105 cm³/mol. The number of carbonyl (C=O) groups is 2. The van der Waals surface area contributed by atoms with E-state index in [9.17, 15) is 18.8 Å². The van der Waals surface area contributed by atoms with Gasteiger partial charge in [-0.3, -0.25) is 14.4 Å². The van der Waals surface area contributed by atoms with E-state index in [0.717, 1.165) is 0 Å². The highest BCUT2D eigenvalue weighted by Gasteiger charge is 2.27. The van der Waals surface area contributed by atoms with Crippen molar-refractivity contribution < 1.29 is 18.4 Å². The normalized spacial score (nSPS) is 14.2. The number of rotatable bonds is 3. The molecule has 7 heteroatoms. The quantitative estimate of drug-likeness (QED) is 0.684. The third-order valence-corrected chi connectivity index (χ3v) is 5.06. The zero-order chi connectivity index (χ0) is 20.4. The van der Waals surface area contributed by atoms with Gasteiger partial charge in [0.25, 0.3) is 5.91 Å². The number of halogens is 1. The highest BCUT2D eigenvalue weighted by Crippen LogP contribution is 2.15. The van der Waals surface area contributed by atoms with Crippen molar-refractivity contribution in [3.63, 3.8) is 0 Å². The largest absolute Gasteiger partial charge is 0.451 e. The van der Waals surface area contributed by atoms with Gasteiger partial charge in [-0.15, -0.1) is 0 Å². The maximum atomic E-state index is 13.8. The molecule has 1 aromatic heterocycles. The molecule has 4 rings (SSSR count). The Morgan fingerprint density at radius 2 is 1.59 bits per heavy atom. The maximum Gasteiger partial charge on any atom is 0.289 e. The van der Waals surface area contributed by atoms with Crippen LogP contribution in [0.25, 0.3) is 11.0 Å². The Morgan fingerprint density at radius 1 is 0.931 bits per heavy atom. The molecule has 2 aromatic carbocycles. The second-order valence-electron chi connectivity index (χ2n) is 6.91. The van der Waals surface area contributed by atoms with Crippen LogP contribution in [0.4, 0.5) is 4.39 Å². The molecule has 1 fully saturated rings. The summed E-state index contributed by atoms with van der Waals surface area (Å²) in [6.07, 6.45) is -0.0137. The SMILES string of the molecule is O=C(Cc1ccccc1F)N1CCN(C(=O)c2cc(=O)c3ccccc3o2)CC1. The predicted octanol–water partition coefficient (Wildman–Crippen LogP) is 2.46. The van der Waals surface area contributed by atoms with E-state index in [1.54, 1.807) is 52.3 Å². The number of piperazine rings is 1. The van der Waals surface area contributed by atoms with Gasteiger partial charge in [-0.25, -0.2) is 4.39 Å². The summed E-state index contributed by atoms with van der Waals surface area (Å²) in [7, 11) is 0. The summed E-state index contributed by atoms with van der Waals surface area (Å²) >= 11 is 0. The first-order valence-corrected chi connectivity index (χ1v) is 9.36. The third kappa shape index (κ3) is 3.89. The fraction of sp³-hybridized carbons (Fsp3) is 0.227. The molecule has 0 bridgehead atoms. The van der Waals surface area contributed by atoms with Gasteiger partial charge in [0.05, 0.1) is 11.8 Å². The fourth-order valence-electron chi connectivity index (χ4n) is 3.44. The van der Waals surface area contributed by atoms with E-state index >= 15 is 0 Å². The van der Waals surface area contributed by atoms with E-state index in [4.69, 9.17) is 4.42 Å². The molecule has 0 radical (unpaired) electrons. The fourth-order valence-corrected chi connectivity index (χ4v) is 3.44. The van der Waals surface area contributed by atoms with Crippen molar-refractivity contribution in [3.05, 3.63) is 82.0 Å². The number of carbonyl (C=O) groups excluding carboxylic acids is 2. The lowest BCUT2D eigenvalue weighted by molar-refractivity contribution is -0.132. The van der Waals surface area contributed by atoms with Crippen molar-refractivity contribution in [3.8, 4) is 0 Å². The topological polar surface area (TPSA) is 70.8 Å². The van der Waals surface area contributed by atoms with Gasteiger partial charge in [-0.05, 0) is 23.8 Å². The first-order chi connectivity index (χ1) is 14.0. The number of nitrogens with zero attached hydrogens (tertiary/aromatic N) is 2. The van der Waals surface area contributed by atoms with Gasteiger partial charge >= 0.3 is 0 Å². The average Bonchev–Trinajstić information content (AvgIpc) is 2.75. The molecular weight excluding hydrogens is 375 g/mol. The molecule has 148 valence electrons. The maximum absolute atomic E-state index is 13.8. The number of amides is 2. The lowest BCUT2D eigenvalue weighted by atomic mass is 10.1. The molecule has 0 atom stereocenters. The van der Waals surface area contributed by atoms with Gasteiger partial charge in [0, 0.05) is 32.2 Å². The zero-order valence-electron chi connectivity index (χ0n) is 15.6. The van der Waals surface area contributed by atoms with Crippen molar-refractivity contribution in [2.45, 2.75) is 6.42 Å². The van der Waals surface area contributed by atoms with Crippen LogP contribution in [-0.2, 0) is 11.2 Å². The number of hydrogen-bond acceptors (Lipinski definition) is 4. The standard InChI is InChI=1S/C22H19FN2O4/c23-17-7-3-1-5-15(17)13-21(27)24-9-11-25(12-10-24)22(28)20-14-18(26)16-6-2-4-8-19(16)29-20/h1-8,14H,9-13H2. The summed E-state index contributed by atoms with van der Waals surface area (Å²) in [5, 5.41) is 0.424. The summed E-state index contributed by atoms with van der Waals surface area (Å²) in [6.45, 7) is 1.32. The first-order valence-electron chi connectivity index (χ1n) is 9.36. The minimum atomic E-state index is -0.402. The van der Waals surface area contributed by atoms with Crippen LogP contribution in [-0.4, -0.2) is 47.8 Å². The van der Waals surface area contributed by atoms with Crippen molar-refractivity contribution >= 4 is 22.8 Å². The lowest BCUT2D eigenvalue weighted by Gasteiger charge is -2.34. The molecule has 1 saturated heterocycles. The van der Waals surface area contributed by atoms with Crippen LogP contribution >= 0.6 is 0 Å². The van der Waals surface area contributed by atoms with E-state index in [1.165, 1.54) is 12.1 Å². The molecule has 2 heterocycles.